The quantitative estimate of drug-likeness (QED) is 0.0790. The number of aromatic hydroxyl groups is 1. The number of aliphatic carboxylic acids is 1. The number of carbonyl (C=O) groups excluding carboxylic acids is 3. The molecule has 2 amide bonds. The second-order valence-electron chi connectivity index (χ2n) is 15.5. The number of aryl methyl sites for hydroxylation is 1. The summed E-state index contributed by atoms with van der Waals surface area (Å²) in [4.78, 5) is 48.8. The van der Waals surface area contributed by atoms with Crippen molar-refractivity contribution in [3.05, 3.63) is 130 Å². The molecule has 61 heavy (non-hydrogen) atoms. The molecule has 6 rings (SSSR count). The van der Waals surface area contributed by atoms with E-state index in [0.29, 0.717) is 54.5 Å². The third kappa shape index (κ3) is 13.9. The molecule has 1 saturated heterocycles. The summed E-state index contributed by atoms with van der Waals surface area (Å²) in [5, 5.41) is 39.6. The number of amides is 2. The highest BCUT2D eigenvalue weighted by molar-refractivity contribution is 5.92. The van der Waals surface area contributed by atoms with E-state index in [-0.39, 0.29) is 29.9 Å². The minimum absolute atomic E-state index is 0.0299. The third-order valence-corrected chi connectivity index (χ3v) is 10.3. The summed E-state index contributed by atoms with van der Waals surface area (Å²) in [6, 6.07) is 30.0. The van der Waals surface area contributed by atoms with E-state index in [4.69, 9.17) is 14.6 Å². The van der Waals surface area contributed by atoms with Gasteiger partial charge in [-0.1, -0.05) is 72.8 Å². The number of carboxylic acids is 1. The Morgan fingerprint density at radius 1 is 0.902 bits per heavy atom. The standard InChI is InChI=1S/C43H49N5O6.C2HF3O2/c1-48(2)23-21-33(22-24-48)54-43(53)46-37-25-29(15-16-34(37)32-8-4-3-5-9-32)7-6-10-40(51)45-27-31-13-11-30(12-14-31)26-44-28-39(50)35-17-19-38(49)42-36(35)18-20-41(52)47-42;3-2(4,5)1(6)7/h3-5,8-9,11-20,25,33,39,44,50H,6-7,10,21-24,26-28H2,1-2H3,(H3-,45,46,47,49,51,52,53);(H,6,7)/t39-;/m0./s1. The van der Waals surface area contributed by atoms with Crippen LogP contribution in [0.25, 0.3) is 22.0 Å². The van der Waals surface area contributed by atoms with Crippen LogP contribution in [0.1, 0.15) is 54.0 Å². The number of phenols is 1. The number of fused-ring (bicyclic) bond motifs is 1. The molecule has 0 aliphatic carbocycles. The summed E-state index contributed by atoms with van der Waals surface area (Å²) < 4.78 is 38.3. The number of phenolic OH excluding ortho intramolecular Hbond substituents is 1. The smallest absolute Gasteiger partial charge is 0.430 e. The molecule has 0 unspecified atom stereocenters. The molecule has 13 nitrogen and oxygen atoms in total. The molecule has 2 heterocycles. The number of benzene rings is 4. The van der Waals surface area contributed by atoms with Crippen molar-refractivity contribution in [3.8, 4) is 16.9 Å². The molecule has 0 bridgehead atoms. The van der Waals surface area contributed by atoms with Gasteiger partial charge in [0.1, 0.15) is 17.8 Å². The Balaban J connectivity index is 0.000000925. The fourth-order valence-corrected chi connectivity index (χ4v) is 6.90. The van der Waals surface area contributed by atoms with Gasteiger partial charge in [0.2, 0.25) is 11.5 Å². The number of piperidine rings is 1. The van der Waals surface area contributed by atoms with Crippen molar-refractivity contribution in [2.24, 2.45) is 0 Å². The zero-order valence-corrected chi connectivity index (χ0v) is 33.9. The number of H-pyrrole nitrogens is 1. The summed E-state index contributed by atoms with van der Waals surface area (Å²) >= 11 is 0. The van der Waals surface area contributed by atoms with Crippen molar-refractivity contribution in [3.63, 3.8) is 0 Å². The number of anilines is 1. The Kier molecular flexibility index (Phi) is 15.7. The second-order valence-corrected chi connectivity index (χ2v) is 15.5. The first-order valence-electron chi connectivity index (χ1n) is 19.8. The van der Waals surface area contributed by atoms with Gasteiger partial charge in [-0.3, -0.25) is 14.9 Å². The first kappa shape index (κ1) is 45.8. The molecular weight excluding hydrogens is 796 g/mol. The lowest BCUT2D eigenvalue weighted by Crippen LogP contribution is -2.48. The van der Waals surface area contributed by atoms with Crippen molar-refractivity contribution in [2.75, 3.05) is 39.0 Å². The monoisotopic (exact) mass is 845 g/mol. The van der Waals surface area contributed by atoms with Crippen LogP contribution in [0.2, 0.25) is 0 Å². The Bertz CT molecular complexity index is 2330. The Labute approximate surface area is 350 Å². The highest BCUT2D eigenvalue weighted by Gasteiger charge is 2.29. The summed E-state index contributed by atoms with van der Waals surface area (Å²) in [5.41, 5.74) is 6.22. The molecule has 0 saturated carbocycles. The predicted molar refractivity (Wildman–Crippen MR) is 222 cm³/mol. The van der Waals surface area contributed by atoms with E-state index >= 15 is 0 Å². The van der Waals surface area contributed by atoms with Crippen molar-refractivity contribution in [1.82, 2.24) is 15.6 Å². The largest absolute Gasteiger partial charge is 0.542 e. The number of rotatable bonds is 14. The number of alkyl halides is 3. The Hall–Kier alpha value is -6.23. The first-order valence-corrected chi connectivity index (χ1v) is 19.8. The van der Waals surface area contributed by atoms with Crippen LogP contribution < -0.4 is 26.6 Å². The summed E-state index contributed by atoms with van der Waals surface area (Å²) in [7, 11) is 4.40. The number of hydrogen-bond acceptors (Lipinski definition) is 9. The summed E-state index contributed by atoms with van der Waals surface area (Å²) in [6.45, 7) is 3.17. The van der Waals surface area contributed by atoms with Gasteiger partial charge >= 0.3 is 12.3 Å². The molecule has 324 valence electrons. The van der Waals surface area contributed by atoms with Crippen LogP contribution in [-0.2, 0) is 33.8 Å². The molecule has 0 radical (unpaired) electrons. The fourth-order valence-electron chi connectivity index (χ4n) is 6.90. The van der Waals surface area contributed by atoms with Gasteiger partial charge in [0.05, 0.1) is 44.5 Å². The van der Waals surface area contributed by atoms with Gasteiger partial charge < -0.3 is 45.0 Å². The molecule has 5 aromatic rings. The number of aliphatic hydroxyl groups excluding tert-OH is 1. The highest BCUT2D eigenvalue weighted by Crippen LogP contribution is 2.31. The van der Waals surface area contributed by atoms with Gasteiger partial charge in [-0.15, -0.1) is 0 Å². The van der Waals surface area contributed by atoms with Gasteiger partial charge in [0.15, 0.2) is 0 Å². The van der Waals surface area contributed by atoms with Gasteiger partial charge in [0, 0.05) is 55.9 Å². The van der Waals surface area contributed by atoms with E-state index in [0.717, 1.165) is 58.2 Å². The fraction of sp³-hybridized carbons (Fsp3) is 0.333. The van der Waals surface area contributed by atoms with Crippen LogP contribution in [-0.4, -0.2) is 83.7 Å². The number of ether oxygens (including phenoxy) is 1. The number of aromatic amines is 1. The molecule has 1 fully saturated rings. The molecular formula is C45H50F3N5O8. The van der Waals surface area contributed by atoms with E-state index in [1.165, 1.54) is 12.1 Å². The van der Waals surface area contributed by atoms with Gasteiger partial charge in [-0.2, -0.15) is 13.2 Å². The number of aromatic nitrogens is 1. The molecule has 1 aliphatic heterocycles. The average Bonchev–Trinajstić information content (AvgIpc) is 3.22. The maximum atomic E-state index is 13.0. The highest BCUT2D eigenvalue weighted by atomic mass is 19.4. The minimum atomic E-state index is -5.19. The molecule has 1 atom stereocenters. The molecule has 4 aromatic carbocycles. The molecule has 1 aromatic heterocycles. The van der Waals surface area contributed by atoms with E-state index in [1.807, 2.05) is 72.8 Å². The lowest BCUT2D eigenvalue weighted by molar-refractivity contribution is -0.896. The third-order valence-electron chi connectivity index (χ3n) is 10.3. The van der Waals surface area contributed by atoms with Crippen LogP contribution in [0.5, 0.6) is 5.75 Å². The summed E-state index contributed by atoms with van der Waals surface area (Å²) in [5.74, 6) is -3.08. The van der Waals surface area contributed by atoms with Crippen molar-refractivity contribution in [1.29, 1.82) is 0 Å². The number of carboxylic acid groups (broad SMARTS) is 1. The number of nitrogens with zero attached hydrogens (tertiary/aromatic N) is 1. The van der Waals surface area contributed by atoms with Gasteiger partial charge in [0.25, 0.3) is 0 Å². The van der Waals surface area contributed by atoms with E-state index < -0.39 is 24.3 Å². The van der Waals surface area contributed by atoms with Crippen molar-refractivity contribution in [2.45, 2.75) is 63.6 Å². The number of aliphatic hydroxyl groups is 1. The molecule has 6 N–H and O–H groups in total. The van der Waals surface area contributed by atoms with Crippen LogP contribution in [0.3, 0.4) is 0 Å². The lowest BCUT2D eigenvalue weighted by Gasteiger charge is -2.36. The Morgan fingerprint density at radius 2 is 1.54 bits per heavy atom. The minimum Gasteiger partial charge on any atom is -0.542 e. The number of hydrogen-bond donors (Lipinski definition) is 6. The van der Waals surface area contributed by atoms with E-state index in [9.17, 15) is 37.8 Å². The number of halogens is 3. The Morgan fingerprint density at radius 3 is 2.20 bits per heavy atom. The number of likely N-dealkylation sites (tertiary alicyclic amines) is 1. The van der Waals surface area contributed by atoms with Gasteiger partial charge in [-0.25, -0.2) is 4.79 Å². The maximum absolute atomic E-state index is 13.0. The topological polar surface area (TPSA) is 193 Å². The van der Waals surface area contributed by atoms with Crippen molar-refractivity contribution < 1.29 is 52.1 Å². The second kappa shape index (κ2) is 20.8. The molecule has 0 spiro atoms. The summed E-state index contributed by atoms with van der Waals surface area (Å²) in [6.07, 6.45) is -3.17. The molecule has 16 heteroatoms. The number of nitrogens with one attached hydrogen (secondary N) is 4. The van der Waals surface area contributed by atoms with Crippen LogP contribution in [0.4, 0.5) is 23.7 Å². The van der Waals surface area contributed by atoms with Crippen LogP contribution in [0.15, 0.2) is 102 Å². The van der Waals surface area contributed by atoms with Gasteiger partial charge in [-0.05, 0) is 58.9 Å². The normalized spacial score (nSPS) is 14.3. The zero-order chi connectivity index (χ0) is 44.2. The predicted octanol–water partition coefficient (Wildman–Crippen LogP) is 5.45. The average molecular weight is 846 g/mol. The van der Waals surface area contributed by atoms with Crippen molar-refractivity contribution >= 4 is 34.6 Å². The number of pyridine rings is 1. The van der Waals surface area contributed by atoms with Crippen LogP contribution in [0, 0.1) is 0 Å². The van der Waals surface area contributed by atoms with E-state index in [1.54, 1.807) is 12.1 Å². The maximum Gasteiger partial charge on any atom is 0.430 e. The SMILES string of the molecule is C[N+]1(C)CCC(OC(=O)Nc2cc(CCCC(=O)NCc3ccc(CNC[C@H](O)c4ccc(O)c5[nH]c(=O)ccc45)cc3)ccc2-c2ccccc2)CC1.O=C([O-])C(F)(F)F. The number of quaternary nitrogens is 1. The number of carbonyl (C=O) groups is 3. The lowest BCUT2D eigenvalue weighted by atomic mass is 9.99. The first-order chi connectivity index (χ1) is 29.0. The van der Waals surface area contributed by atoms with E-state index in [2.05, 4.69) is 35.0 Å². The zero-order valence-electron chi connectivity index (χ0n) is 33.9. The van der Waals surface area contributed by atoms with Crippen LogP contribution >= 0.6 is 0 Å². The molecule has 1 aliphatic rings.